The van der Waals surface area contributed by atoms with E-state index >= 15 is 0 Å². The summed E-state index contributed by atoms with van der Waals surface area (Å²) in [5.41, 5.74) is -0.622. The van der Waals surface area contributed by atoms with Gasteiger partial charge in [-0.05, 0) is 43.7 Å². The van der Waals surface area contributed by atoms with Gasteiger partial charge in [-0.3, -0.25) is 9.78 Å². The largest absolute Gasteiger partial charge is 0.490 e. The van der Waals surface area contributed by atoms with Crippen LogP contribution in [0.15, 0.2) is 36.7 Å². The molecule has 0 unspecified atom stereocenters. The minimum atomic E-state index is -1.28. The Hall–Kier alpha value is -2.82. The van der Waals surface area contributed by atoms with Crippen LogP contribution in [0.5, 0.6) is 11.6 Å². The summed E-state index contributed by atoms with van der Waals surface area (Å²) in [5.74, 6) is 0.987. The Morgan fingerprint density at radius 3 is 2.61 bits per heavy atom. The number of hydrogen-bond donors (Lipinski definition) is 0. The van der Waals surface area contributed by atoms with Crippen molar-refractivity contribution in [1.29, 1.82) is 0 Å². The van der Waals surface area contributed by atoms with E-state index in [0.717, 1.165) is 43.5 Å². The summed E-state index contributed by atoms with van der Waals surface area (Å²) in [7, 11) is 3.01. The van der Waals surface area contributed by atoms with Gasteiger partial charge in [0.25, 0.3) is 5.91 Å². The number of nitrogens with zero attached hydrogens (tertiary/aromatic N) is 3. The first-order chi connectivity index (χ1) is 17.4. The summed E-state index contributed by atoms with van der Waals surface area (Å²) in [6, 6.07) is 5.88. The molecule has 10 heteroatoms. The van der Waals surface area contributed by atoms with Crippen LogP contribution in [0.2, 0.25) is 0 Å². The summed E-state index contributed by atoms with van der Waals surface area (Å²) < 4.78 is 41.7. The van der Waals surface area contributed by atoms with E-state index in [-0.39, 0.29) is 44.4 Å². The zero-order valence-electron chi connectivity index (χ0n) is 21.0. The Kier molecular flexibility index (Phi) is 8.71. The maximum absolute atomic E-state index is 13.4. The molecule has 2 aromatic rings. The molecular weight excluding hydrogens is 469 g/mol. The molecule has 2 aliphatic rings. The van der Waals surface area contributed by atoms with E-state index in [1.54, 1.807) is 6.20 Å². The van der Waals surface area contributed by atoms with Crippen molar-refractivity contribution in [1.82, 2.24) is 14.9 Å². The number of carbonyl (C=O) groups is 1. The van der Waals surface area contributed by atoms with Crippen molar-refractivity contribution < 1.29 is 32.9 Å². The topological polar surface area (TPSA) is 92.2 Å². The molecule has 1 saturated carbocycles. The second-order valence-corrected chi connectivity index (χ2v) is 9.43. The smallest absolute Gasteiger partial charge is 0.259 e. The van der Waals surface area contributed by atoms with E-state index in [9.17, 15) is 9.18 Å². The van der Waals surface area contributed by atoms with Crippen molar-refractivity contribution in [2.75, 3.05) is 34.4 Å². The Morgan fingerprint density at radius 2 is 1.92 bits per heavy atom. The van der Waals surface area contributed by atoms with E-state index in [1.165, 1.54) is 31.3 Å². The molecule has 196 valence electrons. The van der Waals surface area contributed by atoms with Gasteiger partial charge < -0.3 is 28.6 Å². The van der Waals surface area contributed by atoms with Gasteiger partial charge in [0.1, 0.15) is 37.7 Å². The van der Waals surface area contributed by atoms with Crippen molar-refractivity contribution in [3.05, 3.63) is 48.2 Å². The Bertz CT molecular complexity index is 1000. The monoisotopic (exact) mass is 503 g/mol. The summed E-state index contributed by atoms with van der Waals surface area (Å²) >= 11 is 0. The highest BCUT2D eigenvalue weighted by Crippen LogP contribution is 2.38. The molecule has 0 radical (unpaired) electrons. The highest BCUT2D eigenvalue weighted by molar-refractivity contribution is 5.93. The molecule has 1 aliphatic carbocycles. The zero-order valence-corrected chi connectivity index (χ0v) is 21.0. The number of β-lactam (4-membered cyclic amide) rings is 1. The average Bonchev–Trinajstić information content (AvgIpc) is 2.88. The number of methoxy groups -OCH3 is 2. The molecule has 4 rings (SSSR count). The number of likely N-dealkylation sites (tertiary alicyclic amines) is 1. The van der Waals surface area contributed by atoms with Gasteiger partial charge in [-0.1, -0.05) is 6.92 Å². The second kappa shape index (κ2) is 11.9. The molecule has 2 fully saturated rings. The minimum Gasteiger partial charge on any atom is -0.490 e. The second-order valence-electron chi connectivity index (χ2n) is 9.43. The van der Waals surface area contributed by atoms with E-state index in [0.29, 0.717) is 5.69 Å². The van der Waals surface area contributed by atoms with Gasteiger partial charge in [-0.2, -0.15) is 0 Å². The van der Waals surface area contributed by atoms with Crippen LogP contribution in [-0.4, -0.2) is 72.9 Å². The SMILES string of the molecule is COCO[C@@]1(Cc2cc(O[C@H]3CC[C@H](C)CC3)ccn2)C(=O)N(COC)[C@H]1COc1ccc(F)cn1. The van der Waals surface area contributed by atoms with E-state index in [2.05, 4.69) is 16.9 Å². The van der Waals surface area contributed by atoms with Crippen LogP contribution in [-0.2, 0) is 25.4 Å². The Morgan fingerprint density at radius 1 is 1.11 bits per heavy atom. The van der Waals surface area contributed by atoms with Gasteiger partial charge in [0.05, 0.1) is 12.3 Å². The summed E-state index contributed by atoms with van der Waals surface area (Å²) in [6.45, 7) is 2.32. The predicted octanol–water partition coefficient (Wildman–Crippen LogP) is 3.37. The molecule has 0 aromatic carbocycles. The van der Waals surface area contributed by atoms with Crippen molar-refractivity contribution in [2.45, 2.75) is 56.8 Å². The molecule has 2 aromatic heterocycles. The predicted molar refractivity (Wildman–Crippen MR) is 128 cm³/mol. The fourth-order valence-corrected chi connectivity index (χ4v) is 4.84. The van der Waals surface area contributed by atoms with Crippen molar-refractivity contribution in [3.8, 4) is 11.6 Å². The van der Waals surface area contributed by atoms with Gasteiger partial charge in [0.15, 0.2) is 5.60 Å². The van der Waals surface area contributed by atoms with E-state index < -0.39 is 17.5 Å². The van der Waals surface area contributed by atoms with Crippen LogP contribution in [0.3, 0.4) is 0 Å². The van der Waals surface area contributed by atoms with Gasteiger partial charge in [-0.15, -0.1) is 0 Å². The number of amides is 1. The summed E-state index contributed by atoms with van der Waals surface area (Å²) in [4.78, 5) is 23.3. The first-order valence-electron chi connectivity index (χ1n) is 12.2. The van der Waals surface area contributed by atoms with Gasteiger partial charge in [0.2, 0.25) is 5.88 Å². The molecular formula is C26H34FN3O6. The van der Waals surface area contributed by atoms with E-state index in [1.807, 2.05) is 12.1 Å². The highest BCUT2D eigenvalue weighted by atomic mass is 19.1. The molecule has 3 heterocycles. The van der Waals surface area contributed by atoms with Gasteiger partial charge in [-0.25, -0.2) is 9.37 Å². The fraction of sp³-hybridized carbons (Fsp3) is 0.577. The molecule has 2 atom stereocenters. The third-order valence-electron chi connectivity index (χ3n) is 6.83. The fourth-order valence-electron chi connectivity index (χ4n) is 4.84. The lowest BCUT2D eigenvalue weighted by atomic mass is 9.78. The maximum atomic E-state index is 13.4. The normalized spacial score (nSPS) is 25.9. The van der Waals surface area contributed by atoms with Crippen molar-refractivity contribution in [3.63, 3.8) is 0 Å². The first-order valence-corrected chi connectivity index (χ1v) is 12.2. The lowest BCUT2D eigenvalue weighted by molar-refractivity contribution is -0.236. The lowest BCUT2D eigenvalue weighted by Gasteiger charge is -2.54. The van der Waals surface area contributed by atoms with Crippen LogP contribution in [0.4, 0.5) is 4.39 Å². The van der Waals surface area contributed by atoms with Gasteiger partial charge >= 0.3 is 0 Å². The maximum Gasteiger partial charge on any atom is 0.259 e. The highest BCUT2D eigenvalue weighted by Gasteiger charge is 2.62. The molecule has 0 spiro atoms. The number of carbonyl (C=O) groups excluding carboxylic acids is 1. The average molecular weight is 504 g/mol. The number of halogens is 1. The standard InChI is InChI=1S/C26H34FN3O6/c1-18-4-7-21(8-5-18)36-22-10-11-28-20(12-22)13-26(35-17-33-3)23(30(16-32-2)25(26)31)15-34-24-9-6-19(27)14-29-24/h6,9-12,14,18,21,23H,4-5,7-8,13,15-17H2,1-3H3/t18-,21-,23-,26+/m0/s1. The Balaban J connectivity index is 1.52. The third kappa shape index (κ3) is 5.93. The molecule has 1 aliphatic heterocycles. The molecule has 0 N–H and O–H groups in total. The van der Waals surface area contributed by atoms with Crippen LogP contribution >= 0.6 is 0 Å². The Labute approximate surface area is 210 Å². The summed E-state index contributed by atoms with van der Waals surface area (Å²) in [6.07, 6.45) is 7.51. The van der Waals surface area contributed by atoms with Crippen LogP contribution < -0.4 is 9.47 Å². The third-order valence-corrected chi connectivity index (χ3v) is 6.83. The molecule has 36 heavy (non-hydrogen) atoms. The lowest BCUT2D eigenvalue weighted by Crippen LogP contribution is -2.77. The van der Waals surface area contributed by atoms with Crippen LogP contribution in [0, 0.1) is 11.7 Å². The van der Waals surface area contributed by atoms with Crippen LogP contribution in [0.1, 0.15) is 38.3 Å². The number of hydrogen-bond acceptors (Lipinski definition) is 8. The van der Waals surface area contributed by atoms with Crippen molar-refractivity contribution >= 4 is 5.91 Å². The quantitative estimate of drug-likeness (QED) is 0.322. The molecule has 1 saturated heterocycles. The molecule has 0 bridgehead atoms. The number of ether oxygens (including phenoxy) is 5. The van der Waals surface area contributed by atoms with E-state index in [4.69, 9.17) is 23.7 Å². The van der Waals surface area contributed by atoms with Crippen molar-refractivity contribution in [2.24, 2.45) is 5.92 Å². The summed E-state index contributed by atoms with van der Waals surface area (Å²) in [5, 5.41) is 0. The molecule has 9 nitrogen and oxygen atoms in total. The molecule has 1 amide bonds. The van der Waals surface area contributed by atoms with Gasteiger partial charge in [0, 0.05) is 44.7 Å². The minimum absolute atomic E-state index is 0.0634. The number of aromatic nitrogens is 2. The van der Waals surface area contributed by atoms with Crippen LogP contribution in [0.25, 0.3) is 0 Å². The first kappa shape index (κ1) is 26.2. The zero-order chi connectivity index (χ0) is 25.5. The number of pyridine rings is 2. The number of rotatable bonds is 12.